The lowest BCUT2D eigenvalue weighted by molar-refractivity contribution is -0.747. The summed E-state index contributed by atoms with van der Waals surface area (Å²) in [6.07, 6.45) is 3.47. The summed E-state index contributed by atoms with van der Waals surface area (Å²) in [5.41, 5.74) is 2.19. The predicted octanol–water partition coefficient (Wildman–Crippen LogP) is 0.790. The van der Waals surface area contributed by atoms with Gasteiger partial charge in [-0.15, -0.1) is 9.59 Å². The lowest BCUT2D eigenvalue weighted by atomic mass is 10.4. The number of rotatable bonds is 3. The van der Waals surface area contributed by atoms with Gasteiger partial charge in [0, 0.05) is 20.2 Å². The van der Waals surface area contributed by atoms with Gasteiger partial charge in [0.1, 0.15) is 5.69 Å². The fourth-order valence-electron chi connectivity index (χ4n) is 1.44. The van der Waals surface area contributed by atoms with E-state index in [0.29, 0.717) is 12.2 Å². The summed E-state index contributed by atoms with van der Waals surface area (Å²) in [5.74, 6) is 0. The van der Waals surface area contributed by atoms with Gasteiger partial charge in [0.05, 0.1) is 6.20 Å². The zero-order chi connectivity index (χ0) is 10.8. The molecule has 78 valence electrons. The van der Waals surface area contributed by atoms with Gasteiger partial charge in [-0.25, -0.2) is 0 Å². The van der Waals surface area contributed by atoms with E-state index in [1.165, 1.54) is 0 Å². The summed E-state index contributed by atoms with van der Waals surface area (Å²) in [5, 5.41) is 10.1. The minimum Gasteiger partial charge on any atom is -0.275 e. The quantitative estimate of drug-likeness (QED) is 0.596. The molecule has 2 heterocycles. The van der Waals surface area contributed by atoms with E-state index in [1.54, 1.807) is 10.9 Å². The second kappa shape index (κ2) is 3.64. The maximum atomic E-state index is 10.4. The maximum Gasteiger partial charge on any atom is 0.234 e. The molecular weight excluding hydrogens is 194 g/mol. The topological polar surface area (TPSA) is 66.9 Å². The van der Waals surface area contributed by atoms with Crippen LogP contribution in [0.2, 0.25) is 0 Å². The number of aryl methyl sites for hydroxylation is 1. The second-order valence-corrected chi connectivity index (χ2v) is 3.40. The zero-order valence-electron chi connectivity index (χ0n) is 8.64. The van der Waals surface area contributed by atoms with Crippen LogP contribution in [0.3, 0.4) is 0 Å². The summed E-state index contributed by atoms with van der Waals surface area (Å²) in [6.45, 7) is 2.46. The van der Waals surface area contributed by atoms with Crippen molar-refractivity contribution in [3.63, 3.8) is 0 Å². The Bertz CT molecular complexity index is 484. The summed E-state index contributed by atoms with van der Waals surface area (Å²) in [7, 11) is 1.87. The molecule has 2 aromatic rings. The van der Waals surface area contributed by atoms with E-state index in [9.17, 15) is 4.91 Å². The Morgan fingerprint density at radius 1 is 1.67 bits per heavy atom. The first-order valence-electron chi connectivity index (χ1n) is 4.60. The number of H-pyrrole nitrogens is 1. The van der Waals surface area contributed by atoms with E-state index in [0.717, 1.165) is 11.4 Å². The summed E-state index contributed by atoms with van der Waals surface area (Å²) < 4.78 is 3.58. The van der Waals surface area contributed by atoms with Gasteiger partial charge in [0.2, 0.25) is 12.2 Å². The van der Waals surface area contributed by atoms with Gasteiger partial charge in [-0.1, -0.05) is 0 Å². The Morgan fingerprint density at radius 2 is 2.47 bits per heavy atom. The molecule has 2 rings (SSSR count). The molecule has 0 aliphatic heterocycles. The minimum atomic E-state index is 0.436. The van der Waals surface area contributed by atoms with Crippen molar-refractivity contribution < 1.29 is 4.68 Å². The van der Waals surface area contributed by atoms with Crippen LogP contribution in [0, 0.1) is 11.8 Å². The number of hydrogen-bond acceptors (Lipinski definition) is 3. The molecule has 6 heteroatoms. The lowest BCUT2D eigenvalue weighted by Gasteiger charge is -1.90. The molecule has 2 aromatic heterocycles. The van der Waals surface area contributed by atoms with Crippen LogP contribution in [0.1, 0.15) is 11.4 Å². The van der Waals surface area contributed by atoms with Gasteiger partial charge >= 0.3 is 0 Å². The molecule has 0 fully saturated rings. The first-order valence-corrected chi connectivity index (χ1v) is 4.60. The first kappa shape index (κ1) is 9.57. The maximum absolute atomic E-state index is 10.4. The van der Waals surface area contributed by atoms with Crippen LogP contribution in [0.5, 0.6) is 0 Å². The van der Waals surface area contributed by atoms with Crippen LogP contribution in [0.4, 0.5) is 5.69 Å². The number of hydrogen-bond donors (Lipinski definition) is 1. The smallest absolute Gasteiger partial charge is 0.234 e. The molecule has 0 aromatic carbocycles. The van der Waals surface area contributed by atoms with Gasteiger partial charge < -0.3 is 0 Å². The third-order valence-corrected chi connectivity index (χ3v) is 2.32. The molecule has 0 saturated carbocycles. The number of nitroso groups, excluding NO2 is 1. The highest BCUT2D eigenvalue weighted by molar-refractivity contribution is 5.34. The number of aromatic nitrogens is 4. The monoisotopic (exact) mass is 206 g/mol. The van der Waals surface area contributed by atoms with Crippen molar-refractivity contribution >= 4 is 5.69 Å². The van der Waals surface area contributed by atoms with Crippen molar-refractivity contribution in [2.24, 2.45) is 12.2 Å². The molecule has 0 radical (unpaired) electrons. The number of nitrogens with one attached hydrogen (secondary N) is 1. The lowest BCUT2D eigenvalue weighted by Crippen LogP contribution is -2.38. The Morgan fingerprint density at radius 3 is 3.00 bits per heavy atom. The fraction of sp³-hybridized carbons (Fsp3) is 0.333. The molecule has 0 saturated heterocycles. The Balaban J connectivity index is 2.24. The SMILES string of the molecule is Cc1c(N=O)c[nH][n+]1Cc1ccn(C)n1. The largest absolute Gasteiger partial charge is 0.275 e. The molecular formula is C9H12N5O+. The van der Waals surface area contributed by atoms with Crippen molar-refractivity contribution in [1.82, 2.24) is 14.9 Å². The van der Waals surface area contributed by atoms with Crippen LogP contribution in [-0.2, 0) is 13.6 Å². The molecule has 6 nitrogen and oxygen atoms in total. The molecule has 0 bridgehead atoms. The summed E-state index contributed by atoms with van der Waals surface area (Å²) >= 11 is 0. The summed E-state index contributed by atoms with van der Waals surface area (Å²) in [6, 6.07) is 1.93. The Hall–Kier alpha value is -1.98. The highest BCUT2D eigenvalue weighted by Crippen LogP contribution is 2.11. The van der Waals surface area contributed by atoms with E-state index < -0.39 is 0 Å². The van der Waals surface area contributed by atoms with Gasteiger partial charge in [-0.05, 0) is 11.2 Å². The van der Waals surface area contributed by atoms with E-state index in [1.807, 2.05) is 30.9 Å². The molecule has 0 unspecified atom stereocenters. The van der Waals surface area contributed by atoms with Crippen molar-refractivity contribution in [2.45, 2.75) is 13.5 Å². The van der Waals surface area contributed by atoms with E-state index in [4.69, 9.17) is 0 Å². The summed E-state index contributed by atoms with van der Waals surface area (Å²) in [4.78, 5) is 10.4. The van der Waals surface area contributed by atoms with Crippen molar-refractivity contribution in [3.05, 3.63) is 34.8 Å². The third-order valence-electron chi connectivity index (χ3n) is 2.32. The van der Waals surface area contributed by atoms with Crippen LogP contribution < -0.4 is 4.68 Å². The fourth-order valence-corrected chi connectivity index (χ4v) is 1.44. The molecule has 0 spiro atoms. The normalized spacial score (nSPS) is 10.5. The van der Waals surface area contributed by atoms with Crippen LogP contribution in [0.25, 0.3) is 0 Å². The van der Waals surface area contributed by atoms with Gasteiger partial charge in [-0.2, -0.15) is 10.2 Å². The Kier molecular flexibility index (Phi) is 2.32. The molecule has 1 N–H and O–H groups in total. The van der Waals surface area contributed by atoms with Crippen LogP contribution in [-0.4, -0.2) is 14.9 Å². The zero-order valence-corrected chi connectivity index (χ0v) is 8.64. The predicted molar refractivity (Wildman–Crippen MR) is 53.5 cm³/mol. The van der Waals surface area contributed by atoms with E-state index in [2.05, 4.69) is 15.4 Å². The Labute approximate surface area is 86.5 Å². The van der Waals surface area contributed by atoms with Gasteiger partial charge in [0.15, 0.2) is 5.69 Å². The molecule has 15 heavy (non-hydrogen) atoms. The minimum absolute atomic E-state index is 0.436. The number of nitrogens with zero attached hydrogens (tertiary/aromatic N) is 4. The van der Waals surface area contributed by atoms with Gasteiger partial charge in [-0.3, -0.25) is 4.68 Å². The number of aromatic amines is 1. The van der Waals surface area contributed by atoms with Crippen LogP contribution in [0.15, 0.2) is 23.6 Å². The highest BCUT2D eigenvalue weighted by Gasteiger charge is 2.16. The van der Waals surface area contributed by atoms with Crippen molar-refractivity contribution in [1.29, 1.82) is 0 Å². The first-order chi connectivity index (χ1) is 7.20. The third kappa shape index (κ3) is 1.78. The second-order valence-electron chi connectivity index (χ2n) is 3.40. The average Bonchev–Trinajstić information content (AvgIpc) is 2.76. The van der Waals surface area contributed by atoms with E-state index >= 15 is 0 Å². The van der Waals surface area contributed by atoms with Crippen LogP contribution >= 0.6 is 0 Å². The van der Waals surface area contributed by atoms with E-state index in [-0.39, 0.29) is 0 Å². The van der Waals surface area contributed by atoms with Crippen molar-refractivity contribution in [3.8, 4) is 0 Å². The highest BCUT2D eigenvalue weighted by atomic mass is 16.3. The van der Waals surface area contributed by atoms with Gasteiger partial charge in [0.25, 0.3) is 0 Å². The van der Waals surface area contributed by atoms with Crippen molar-refractivity contribution in [2.75, 3.05) is 0 Å². The molecule has 0 atom stereocenters. The standard InChI is InChI=1S/C9H11N5O/c1-7-9(12-15)5-10-14(7)6-8-3-4-13(2)11-8/h3-5H,6H2,1-2H3/p+1. The molecule has 0 amide bonds. The molecule has 0 aliphatic rings. The molecule has 0 aliphatic carbocycles. The average molecular weight is 206 g/mol.